The van der Waals surface area contributed by atoms with E-state index in [1.54, 1.807) is 36.3 Å². The summed E-state index contributed by atoms with van der Waals surface area (Å²) in [6.07, 6.45) is 3.66. The zero-order chi connectivity index (χ0) is 17.8. The Morgan fingerprint density at radius 1 is 1.20 bits per heavy atom. The Labute approximate surface area is 147 Å². The molecule has 0 atom stereocenters. The van der Waals surface area contributed by atoms with Gasteiger partial charge < -0.3 is 20.1 Å². The Bertz CT molecular complexity index is 797. The van der Waals surface area contributed by atoms with Crippen LogP contribution in [0, 0.1) is 0 Å². The van der Waals surface area contributed by atoms with Crippen molar-refractivity contribution in [2.24, 2.45) is 0 Å². The first kappa shape index (κ1) is 16.9. The number of hydrogen-bond donors (Lipinski definition) is 1. The van der Waals surface area contributed by atoms with E-state index in [2.05, 4.69) is 6.92 Å². The molecule has 1 aliphatic rings. The van der Waals surface area contributed by atoms with Crippen LogP contribution in [0.15, 0.2) is 48.2 Å². The number of carbonyl (C=O) groups is 1. The standard InChI is InChI=1S/C20H22N2O3/c1-3-4-11-22-17-13-15(21)7-10-18(17)25-19(20(22)23)12-14-5-8-16(24-2)9-6-14/h5-10,12-13H,3-4,11,21H2,1-2H3/b19-12+. The molecule has 0 aromatic heterocycles. The Kier molecular flexibility index (Phi) is 4.93. The van der Waals surface area contributed by atoms with Crippen LogP contribution in [0.5, 0.6) is 11.5 Å². The maximum absolute atomic E-state index is 12.9. The average molecular weight is 338 g/mol. The molecule has 3 rings (SSSR count). The van der Waals surface area contributed by atoms with Crippen molar-refractivity contribution in [2.45, 2.75) is 19.8 Å². The Morgan fingerprint density at radius 3 is 2.64 bits per heavy atom. The minimum Gasteiger partial charge on any atom is -0.497 e. The van der Waals surface area contributed by atoms with Crippen LogP contribution in [0.1, 0.15) is 25.3 Å². The molecule has 5 heteroatoms. The molecule has 1 heterocycles. The number of hydrogen-bond acceptors (Lipinski definition) is 4. The summed E-state index contributed by atoms with van der Waals surface area (Å²) in [6.45, 7) is 2.73. The molecule has 0 spiro atoms. The van der Waals surface area contributed by atoms with Crippen molar-refractivity contribution in [2.75, 3.05) is 24.3 Å². The fourth-order valence-corrected chi connectivity index (χ4v) is 2.72. The first-order valence-electron chi connectivity index (χ1n) is 8.37. The second-order valence-electron chi connectivity index (χ2n) is 5.92. The predicted molar refractivity (Wildman–Crippen MR) is 99.7 cm³/mol. The zero-order valence-electron chi connectivity index (χ0n) is 14.5. The number of anilines is 2. The number of nitrogens with zero attached hydrogens (tertiary/aromatic N) is 1. The summed E-state index contributed by atoms with van der Waals surface area (Å²) in [5.74, 6) is 1.56. The third-order valence-corrected chi connectivity index (χ3v) is 4.10. The average Bonchev–Trinajstić information content (AvgIpc) is 2.63. The fraction of sp³-hybridized carbons (Fsp3) is 0.250. The third-order valence-electron chi connectivity index (χ3n) is 4.10. The van der Waals surface area contributed by atoms with Crippen LogP contribution in [0.2, 0.25) is 0 Å². The molecule has 0 radical (unpaired) electrons. The quantitative estimate of drug-likeness (QED) is 0.664. The number of carbonyl (C=O) groups excluding carboxylic acids is 1. The van der Waals surface area contributed by atoms with Crippen LogP contribution >= 0.6 is 0 Å². The van der Waals surface area contributed by atoms with Gasteiger partial charge in [0.05, 0.1) is 12.8 Å². The second kappa shape index (κ2) is 7.30. The van der Waals surface area contributed by atoms with Crippen LogP contribution in [0.3, 0.4) is 0 Å². The van der Waals surface area contributed by atoms with Gasteiger partial charge in [-0.3, -0.25) is 4.79 Å². The number of benzene rings is 2. The van der Waals surface area contributed by atoms with Crippen molar-refractivity contribution >= 4 is 23.4 Å². The molecule has 130 valence electrons. The van der Waals surface area contributed by atoms with E-state index in [0.717, 1.165) is 29.8 Å². The Morgan fingerprint density at radius 2 is 1.96 bits per heavy atom. The minimum atomic E-state index is -0.151. The van der Waals surface area contributed by atoms with E-state index in [1.807, 2.05) is 24.3 Å². The Hall–Kier alpha value is -2.95. The molecule has 2 N–H and O–H groups in total. The van der Waals surface area contributed by atoms with Gasteiger partial charge in [-0.05, 0) is 48.4 Å². The first-order chi connectivity index (χ1) is 12.1. The van der Waals surface area contributed by atoms with Gasteiger partial charge in [0.15, 0.2) is 11.5 Å². The maximum atomic E-state index is 12.9. The van der Waals surface area contributed by atoms with Gasteiger partial charge in [0.2, 0.25) is 0 Å². The van der Waals surface area contributed by atoms with Gasteiger partial charge in [-0.2, -0.15) is 0 Å². The van der Waals surface area contributed by atoms with E-state index < -0.39 is 0 Å². The molecule has 0 saturated carbocycles. The highest BCUT2D eigenvalue weighted by Gasteiger charge is 2.30. The lowest BCUT2D eigenvalue weighted by molar-refractivity contribution is -0.117. The van der Waals surface area contributed by atoms with Gasteiger partial charge >= 0.3 is 0 Å². The topological polar surface area (TPSA) is 64.8 Å². The van der Waals surface area contributed by atoms with E-state index in [0.29, 0.717) is 23.7 Å². The molecule has 2 aromatic rings. The van der Waals surface area contributed by atoms with Gasteiger partial charge in [0.25, 0.3) is 5.91 Å². The normalized spacial score (nSPS) is 15.0. The number of rotatable bonds is 5. The summed E-state index contributed by atoms with van der Waals surface area (Å²) in [7, 11) is 1.62. The summed E-state index contributed by atoms with van der Waals surface area (Å²) in [5.41, 5.74) is 8.09. The number of fused-ring (bicyclic) bond motifs is 1. The lowest BCUT2D eigenvalue weighted by Gasteiger charge is -2.30. The number of nitrogens with two attached hydrogens (primary N) is 1. The maximum Gasteiger partial charge on any atom is 0.294 e. The van der Waals surface area contributed by atoms with Crippen molar-refractivity contribution in [3.63, 3.8) is 0 Å². The Balaban J connectivity index is 1.96. The molecular formula is C20H22N2O3. The molecule has 0 aliphatic carbocycles. The van der Waals surface area contributed by atoms with E-state index in [9.17, 15) is 4.79 Å². The van der Waals surface area contributed by atoms with Crippen LogP contribution in [0.4, 0.5) is 11.4 Å². The fourth-order valence-electron chi connectivity index (χ4n) is 2.72. The number of ether oxygens (including phenoxy) is 2. The number of methoxy groups -OCH3 is 1. The smallest absolute Gasteiger partial charge is 0.294 e. The molecule has 0 unspecified atom stereocenters. The van der Waals surface area contributed by atoms with Crippen molar-refractivity contribution in [3.05, 3.63) is 53.8 Å². The van der Waals surface area contributed by atoms with E-state index in [4.69, 9.17) is 15.2 Å². The summed E-state index contributed by atoms with van der Waals surface area (Å²) in [4.78, 5) is 14.6. The third kappa shape index (κ3) is 3.60. The van der Waals surface area contributed by atoms with E-state index in [1.165, 1.54) is 0 Å². The highest BCUT2D eigenvalue weighted by atomic mass is 16.5. The summed E-state index contributed by atoms with van der Waals surface area (Å²) in [6, 6.07) is 12.8. The lowest BCUT2D eigenvalue weighted by Crippen LogP contribution is -2.38. The van der Waals surface area contributed by atoms with Gasteiger partial charge in [-0.15, -0.1) is 0 Å². The molecule has 25 heavy (non-hydrogen) atoms. The zero-order valence-corrected chi connectivity index (χ0v) is 14.5. The largest absolute Gasteiger partial charge is 0.497 e. The monoisotopic (exact) mass is 338 g/mol. The number of unbranched alkanes of at least 4 members (excludes halogenated alkanes) is 1. The molecule has 1 aliphatic heterocycles. The first-order valence-corrected chi connectivity index (χ1v) is 8.37. The summed E-state index contributed by atoms with van der Waals surface area (Å²) < 4.78 is 11.0. The number of nitrogen functional groups attached to an aromatic ring is 1. The van der Waals surface area contributed by atoms with Crippen LogP contribution in [-0.4, -0.2) is 19.6 Å². The molecule has 5 nitrogen and oxygen atoms in total. The summed E-state index contributed by atoms with van der Waals surface area (Å²) >= 11 is 0. The van der Waals surface area contributed by atoms with Gasteiger partial charge in [0, 0.05) is 12.2 Å². The molecule has 1 amide bonds. The van der Waals surface area contributed by atoms with Crippen molar-refractivity contribution in [1.82, 2.24) is 0 Å². The summed E-state index contributed by atoms with van der Waals surface area (Å²) in [5, 5.41) is 0. The van der Waals surface area contributed by atoms with Crippen LogP contribution in [-0.2, 0) is 4.79 Å². The highest BCUT2D eigenvalue weighted by Crippen LogP contribution is 2.37. The van der Waals surface area contributed by atoms with Crippen molar-refractivity contribution in [1.29, 1.82) is 0 Å². The molecule has 0 fully saturated rings. The van der Waals surface area contributed by atoms with Gasteiger partial charge in [-0.25, -0.2) is 0 Å². The van der Waals surface area contributed by atoms with Gasteiger partial charge in [-0.1, -0.05) is 25.5 Å². The van der Waals surface area contributed by atoms with Crippen molar-refractivity contribution < 1.29 is 14.3 Å². The van der Waals surface area contributed by atoms with Gasteiger partial charge in [0.1, 0.15) is 5.75 Å². The predicted octanol–water partition coefficient (Wildman–Crippen LogP) is 3.84. The molecule has 0 bridgehead atoms. The lowest BCUT2D eigenvalue weighted by atomic mass is 10.1. The van der Waals surface area contributed by atoms with Crippen molar-refractivity contribution in [3.8, 4) is 11.5 Å². The number of amides is 1. The van der Waals surface area contributed by atoms with E-state index in [-0.39, 0.29) is 5.91 Å². The molecular weight excluding hydrogens is 316 g/mol. The van der Waals surface area contributed by atoms with Crippen LogP contribution < -0.4 is 20.1 Å². The van der Waals surface area contributed by atoms with E-state index >= 15 is 0 Å². The highest BCUT2D eigenvalue weighted by molar-refractivity contribution is 6.10. The SMILES string of the molecule is CCCCN1C(=O)/C(=C\c2ccc(OC)cc2)Oc2ccc(N)cc21. The minimum absolute atomic E-state index is 0.151. The molecule has 0 saturated heterocycles. The molecule has 2 aromatic carbocycles. The second-order valence-corrected chi connectivity index (χ2v) is 5.92. The van der Waals surface area contributed by atoms with Crippen LogP contribution in [0.25, 0.3) is 6.08 Å².